The minimum absolute atomic E-state index is 0.115. The normalized spacial score (nSPS) is 10.5. The number of hydrogen-bond donors (Lipinski definition) is 0. The number of methoxy groups -OCH3 is 1. The van der Waals surface area contributed by atoms with Crippen molar-refractivity contribution in [3.63, 3.8) is 0 Å². The van der Waals surface area contributed by atoms with Gasteiger partial charge in [-0.2, -0.15) is 5.10 Å². The molecule has 5 nitrogen and oxygen atoms in total. The zero-order valence-corrected chi connectivity index (χ0v) is 12.8. The number of hydrogen-bond acceptors (Lipinski definition) is 4. The Balaban J connectivity index is 2.66. The Morgan fingerprint density at radius 3 is 2.67 bits per heavy atom. The molecule has 0 aliphatic heterocycles. The molecule has 110 valence electrons. The van der Waals surface area contributed by atoms with Crippen LogP contribution in [0.25, 0.3) is 5.69 Å². The Morgan fingerprint density at radius 1 is 1.33 bits per heavy atom. The van der Waals surface area contributed by atoms with Crippen molar-refractivity contribution in [1.29, 1.82) is 0 Å². The van der Waals surface area contributed by atoms with E-state index in [4.69, 9.17) is 16.3 Å². The van der Waals surface area contributed by atoms with Crippen molar-refractivity contribution in [2.45, 2.75) is 20.3 Å². The SMILES string of the molecule is COc1ccc(C)cc1-n1nc(CC(=O)Cl)c(=O)cc1C. The second-order valence-corrected chi connectivity index (χ2v) is 5.14. The summed E-state index contributed by atoms with van der Waals surface area (Å²) in [6.45, 7) is 3.71. The summed E-state index contributed by atoms with van der Waals surface area (Å²) in [6.07, 6.45) is -0.200. The fraction of sp³-hybridized carbons (Fsp3) is 0.267. The van der Waals surface area contributed by atoms with E-state index in [0.717, 1.165) is 5.56 Å². The number of halogens is 1. The number of rotatable bonds is 4. The summed E-state index contributed by atoms with van der Waals surface area (Å²) in [6, 6.07) is 7.08. The maximum atomic E-state index is 11.9. The topological polar surface area (TPSA) is 61.2 Å². The quantitative estimate of drug-likeness (QED) is 0.812. The number of benzene rings is 1. The van der Waals surface area contributed by atoms with Crippen LogP contribution in [0.15, 0.2) is 29.1 Å². The van der Waals surface area contributed by atoms with E-state index in [1.54, 1.807) is 18.7 Å². The zero-order valence-electron chi connectivity index (χ0n) is 12.0. The Hall–Kier alpha value is -2.14. The molecule has 0 atom stereocenters. The van der Waals surface area contributed by atoms with Crippen LogP contribution in [0.4, 0.5) is 0 Å². The van der Waals surface area contributed by atoms with E-state index in [2.05, 4.69) is 5.10 Å². The molecule has 0 unspecified atom stereocenters. The maximum Gasteiger partial charge on any atom is 0.227 e. The first-order chi connectivity index (χ1) is 9.92. The summed E-state index contributed by atoms with van der Waals surface area (Å²) in [4.78, 5) is 22.9. The average Bonchev–Trinajstić information content (AvgIpc) is 2.41. The van der Waals surface area contributed by atoms with Crippen molar-refractivity contribution in [1.82, 2.24) is 9.78 Å². The highest BCUT2D eigenvalue weighted by molar-refractivity contribution is 6.63. The summed E-state index contributed by atoms with van der Waals surface area (Å²) >= 11 is 5.35. The number of carbonyl (C=O) groups is 1. The Kier molecular flexibility index (Phi) is 4.43. The molecule has 0 N–H and O–H groups in total. The lowest BCUT2D eigenvalue weighted by molar-refractivity contribution is -0.111. The first-order valence-corrected chi connectivity index (χ1v) is 6.73. The fourth-order valence-corrected chi connectivity index (χ4v) is 2.17. The van der Waals surface area contributed by atoms with Gasteiger partial charge in [-0.05, 0) is 43.1 Å². The highest BCUT2D eigenvalue weighted by Gasteiger charge is 2.13. The maximum absolute atomic E-state index is 11.9. The Bertz CT molecular complexity index is 753. The van der Waals surface area contributed by atoms with Crippen molar-refractivity contribution < 1.29 is 9.53 Å². The van der Waals surface area contributed by atoms with E-state index in [-0.39, 0.29) is 17.5 Å². The first kappa shape index (κ1) is 15.3. The van der Waals surface area contributed by atoms with Gasteiger partial charge >= 0.3 is 0 Å². The van der Waals surface area contributed by atoms with Gasteiger partial charge in [-0.1, -0.05) is 6.07 Å². The second-order valence-electron chi connectivity index (χ2n) is 4.72. The van der Waals surface area contributed by atoms with Crippen LogP contribution in [0.3, 0.4) is 0 Å². The third-order valence-electron chi connectivity index (χ3n) is 3.05. The largest absolute Gasteiger partial charge is 0.494 e. The molecular formula is C15H15ClN2O3. The Labute approximate surface area is 127 Å². The molecule has 0 bridgehead atoms. The average molecular weight is 307 g/mol. The molecule has 0 radical (unpaired) electrons. The van der Waals surface area contributed by atoms with Crippen molar-refractivity contribution in [2.75, 3.05) is 7.11 Å². The molecule has 0 spiro atoms. The van der Waals surface area contributed by atoms with Gasteiger partial charge in [-0.15, -0.1) is 0 Å². The van der Waals surface area contributed by atoms with Gasteiger partial charge < -0.3 is 4.74 Å². The molecule has 1 aromatic heterocycles. The molecule has 21 heavy (non-hydrogen) atoms. The highest BCUT2D eigenvalue weighted by Crippen LogP contribution is 2.24. The standard InChI is InChI=1S/C15H15ClN2O3/c1-9-4-5-14(21-3)12(6-9)18-10(2)7-13(19)11(17-18)8-15(16)20/h4-7H,8H2,1-3H3. The van der Waals surface area contributed by atoms with Gasteiger partial charge in [0.25, 0.3) is 0 Å². The zero-order chi connectivity index (χ0) is 15.6. The van der Waals surface area contributed by atoms with Crippen molar-refractivity contribution in [2.24, 2.45) is 0 Å². The minimum Gasteiger partial charge on any atom is -0.494 e. The monoisotopic (exact) mass is 306 g/mol. The molecule has 2 rings (SSSR count). The van der Waals surface area contributed by atoms with Crippen LogP contribution < -0.4 is 10.2 Å². The van der Waals surface area contributed by atoms with Crippen LogP contribution in [0.2, 0.25) is 0 Å². The van der Waals surface area contributed by atoms with Crippen LogP contribution in [0, 0.1) is 13.8 Å². The number of aryl methyl sites for hydroxylation is 2. The number of aromatic nitrogens is 2. The molecule has 0 amide bonds. The second kappa shape index (κ2) is 6.10. The first-order valence-electron chi connectivity index (χ1n) is 6.35. The predicted molar refractivity (Wildman–Crippen MR) is 80.4 cm³/mol. The molecule has 1 aromatic carbocycles. The van der Waals surface area contributed by atoms with Crippen molar-refractivity contribution >= 4 is 16.8 Å². The summed E-state index contributed by atoms with van der Waals surface area (Å²) in [5, 5.41) is 3.63. The highest BCUT2D eigenvalue weighted by atomic mass is 35.5. The fourth-order valence-electron chi connectivity index (χ4n) is 2.05. The number of carbonyl (C=O) groups excluding carboxylic acids is 1. The molecule has 0 aliphatic rings. The lowest BCUT2D eigenvalue weighted by Gasteiger charge is -2.14. The third kappa shape index (κ3) is 3.31. The van der Waals surface area contributed by atoms with Crippen LogP contribution in [0.5, 0.6) is 5.75 Å². The smallest absolute Gasteiger partial charge is 0.227 e. The van der Waals surface area contributed by atoms with Crippen LogP contribution in [-0.4, -0.2) is 22.1 Å². The Morgan fingerprint density at radius 2 is 2.05 bits per heavy atom. The summed E-state index contributed by atoms with van der Waals surface area (Å²) in [5.41, 5.74) is 2.20. The van der Waals surface area contributed by atoms with Gasteiger partial charge in [-0.3, -0.25) is 9.59 Å². The van der Waals surface area contributed by atoms with Crippen molar-refractivity contribution in [3.8, 4) is 11.4 Å². The minimum atomic E-state index is -0.619. The van der Waals surface area contributed by atoms with E-state index >= 15 is 0 Å². The van der Waals surface area contributed by atoms with Gasteiger partial charge in [0.15, 0.2) is 0 Å². The van der Waals surface area contributed by atoms with Crippen LogP contribution in [0.1, 0.15) is 17.0 Å². The molecule has 0 saturated carbocycles. The molecule has 6 heteroatoms. The third-order valence-corrected chi connectivity index (χ3v) is 3.18. The predicted octanol–water partition coefficient (Wildman–Crippen LogP) is 2.17. The molecule has 0 saturated heterocycles. The number of ether oxygens (including phenoxy) is 1. The summed E-state index contributed by atoms with van der Waals surface area (Å²) in [7, 11) is 1.56. The van der Waals surface area contributed by atoms with Gasteiger partial charge in [0.2, 0.25) is 10.7 Å². The molecule has 0 fully saturated rings. The lowest BCUT2D eigenvalue weighted by Crippen LogP contribution is -2.20. The molecule has 1 heterocycles. The van der Waals surface area contributed by atoms with Gasteiger partial charge in [-0.25, -0.2) is 4.68 Å². The van der Waals surface area contributed by atoms with Crippen LogP contribution >= 0.6 is 11.6 Å². The summed E-state index contributed by atoms with van der Waals surface area (Å²) < 4.78 is 6.91. The van der Waals surface area contributed by atoms with Crippen molar-refractivity contribution in [3.05, 3.63) is 51.4 Å². The van der Waals surface area contributed by atoms with E-state index in [1.807, 2.05) is 25.1 Å². The van der Waals surface area contributed by atoms with E-state index < -0.39 is 5.24 Å². The van der Waals surface area contributed by atoms with Gasteiger partial charge in [0.1, 0.15) is 17.1 Å². The molecular weight excluding hydrogens is 292 g/mol. The molecule has 0 aliphatic carbocycles. The van der Waals surface area contributed by atoms with E-state index in [1.165, 1.54) is 6.07 Å². The van der Waals surface area contributed by atoms with Crippen LogP contribution in [-0.2, 0) is 11.2 Å². The van der Waals surface area contributed by atoms with E-state index in [9.17, 15) is 9.59 Å². The van der Waals surface area contributed by atoms with Gasteiger partial charge in [0, 0.05) is 11.8 Å². The summed E-state index contributed by atoms with van der Waals surface area (Å²) in [5.74, 6) is 0.628. The number of nitrogens with zero attached hydrogens (tertiary/aromatic N) is 2. The molecule has 2 aromatic rings. The lowest BCUT2D eigenvalue weighted by atomic mass is 10.2. The van der Waals surface area contributed by atoms with E-state index in [0.29, 0.717) is 17.1 Å². The van der Waals surface area contributed by atoms with Gasteiger partial charge in [0.05, 0.1) is 13.5 Å².